The quantitative estimate of drug-likeness (QED) is 0.730. The van der Waals surface area contributed by atoms with Crippen LogP contribution in [0.5, 0.6) is 0 Å². The van der Waals surface area contributed by atoms with Gasteiger partial charge in [0.1, 0.15) is 0 Å². The molecular formula is C21H26N2O2. The van der Waals surface area contributed by atoms with E-state index in [0.29, 0.717) is 23.6 Å². The highest BCUT2D eigenvalue weighted by Gasteiger charge is 2.13. The van der Waals surface area contributed by atoms with Crippen molar-refractivity contribution in [2.45, 2.75) is 46.0 Å². The first-order chi connectivity index (χ1) is 12.0. The summed E-state index contributed by atoms with van der Waals surface area (Å²) in [6.07, 6.45) is 2.27. The van der Waals surface area contributed by atoms with Crippen molar-refractivity contribution in [3.63, 3.8) is 0 Å². The lowest BCUT2D eigenvalue weighted by Crippen LogP contribution is -2.15. The van der Waals surface area contributed by atoms with Gasteiger partial charge in [-0.3, -0.25) is 9.59 Å². The van der Waals surface area contributed by atoms with Gasteiger partial charge < -0.3 is 10.6 Å². The molecule has 0 saturated heterocycles. The van der Waals surface area contributed by atoms with Gasteiger partial charge in [0.25, 0.3) is 5.91 Å². The molecule has 0 spiro atoms. The highest BCUT2D eigenvalue weighted by atomic mass is 16.2. The molecule has 2 aromatic carbocycles. The molecule has 0 aromatic heterocycles. The standard InChI is InChI=1S/C21H26N2O2/c1-4-9-20(24)22-17-11-8-10-16(14-17)21(25)23-19-13-7-6-12-18(19)15(3)5-2/h6-8,10-15H,4-5,9H2,1-3H3,(H,22,24)(H,23,25)/t15-/m1/s1. The van der Waals surface area contributed by atoms with Crippen LogP contribution in [0.3, 0.4) is 0 Å². The van der Waals surface area contributed by atoms with Crippen molar-refractivity contribution >= 4 is 23.2 Å². The van der Waals surface area contributed by atoms with Gasteiger partial charge in [-0.1, -0.05) is 45.0 Å². The van der Waals surface area contributed by atoms with Gasteiger partial charge >= 0.3 is 0 Å². The van der Waals surface area contributed by atoms with Crippen LogP contribution < -0.4 is 10.6 Å². The summed E-state index contributed by atoms with van der Waals surface area (Å²) in [6.45, 7) is 6.23. The van der Waals surface area contributed by atoms with Crippen molar-refractivity contribution in [3.8, 4) is 0 Å². The molecule has 2 aromatic rings. The van der Waals surface area contributed by atoms with E-state index in [2.05, 4.69) is 24.5 Å². The lowest BCUT2D eigenvalue weighted by molar-refractivity contribution is -0.116. The van der Waals surface area contributed by atoms with Crippen LogP contribution in [-0.2, 0) is 4.79 Å². The van der Waals surface area contributed by atoms with E-state index in [1.165, 1.54) is 0 Å². The highest BCUT2D eigenvalue weighted by molar-refractivity contribution is 6.05. The molecule has 0 unspecified atom stereocenters. The van der Waals surface area contributed by atoms with Crippen LogP contribution in [0.1, 0.15) is 61.9 Å². The van der Waals surface area contributed by atoms with Gasteiger partial charge in [-0.2, -0.15) is 0 Å². The van der Waals surface area contributed by atoms with E-state index in [9.17, 15) is 9.59 Å². The Kier molecular flexibility index (Phi) is 6.75. The zero-order valence-electron chi connectivity index (χ0n) is 15.1. The predicted molar refractivity (Wildman–Crippen MR) is 103 cm³/mol. The Morgan fingerprint density at radius 1 is 1.00 bits per heavy atom. The number of amides is 2. The van der Waals surface area contributed by atoms with Crippen LogP contribution in [0.2, 0.25) is 0 Å². The Morgan fingerprint density at radius 3 is 2.48 bits per heavy atom. The van der Waals surface area contributed by atoms with Crippen LogP contribution in [0.4, 0.5) is 11.4 Å². The third kappa shape index (κ3) is 5.18. The number of nitrogens with one attached hydrogen (secondary N) is 2. The van der Waals surface area contributed by atoms with Crippen LogP contribution in [-0.4, -0.2) is 11.8 Å². The zero-order valence-corrected chi connectivity index (χ0v) is 15.1. The fraction of sp³-hybridized carbons (Fsp3) is 0.333. The minimum absolute atomic E-state index is 0.0397. The van der Waals surface area contributed by atoms with E-state index in [4.69, 9.17) is 0 Å². The molecule has 0 fully saturated rings. The predicted octanol–water partition coefficient (Wildman–Crippen LogP) is 5.19. The van der Waals surface area contributed by atoms with Gasteiger partial charge in [0, 0.05) is 23.4 Å². The molecule has 0 aliphatic rings. The molecule has 0 bridgehead atoms. The summed E-state index contributed by atoms with van der Waals surface area (Å²) in [4.78, 5) is 24.3. The number of rotatable bonds is 7. The lowest BCUT2D eigenvalue weighted by Gasteiger charge is -2.16. The number of para-hydroxylation sites is 1. The molecule has 132 valence electrons. The second-order valence-corrected chi connectivity index (χ2v) is 6.23. The van der Waals surface area contributed by atoms with Crippen LogP contribution in [0, 0.1) is 0 Å². The van der Waals surface area contributed by atoms with Gasteiger partial charge in [0.05, 0.1) is 0 Å². The van der Waals surface area contributed by atoms with E-state index >= 15 is 0 Å². The van der Waals surface area contributed by atoms with Crippen molar-refractivity contribution in [1.29, 1.82) is 0 Å². The average molecular weight is 338 g/mol. The Hall–Kier alpha value is -2.62. The van der Waals surface area contributed by atoms with Crippen LogP contribution in [0.15, 0.2) is 48.5 Å². The molecular weight excluding hydrogens is 312 g/mol. The fourth-order valence-corrected chi connectivity index (χ4v) is 2.64. The first-order valence-corrected chi connectivity index (χ1v) is 8.85. The van der Waals surface area contributed by atoms with E-state index in [0.717, 1.165) is 24.1 Å². The van der Waals surface area contributed by atoms with Crippen molar-refractivity contribution in [2.24, 2.45) is 0 Å². The van der Waals surface area contributed by atoms with Crippen molar-refractivity contribution < 1.29 is 9.59 Å². The molecule has 0 radical (unpaired) electrons. The molecule has 0 aliphatic heterocycles. The number of carbonyl (C=O) groups excluding carboxylic acids is 2. The van der Waals surface area contributed by atoms with E-state index in [1.54, 1.807) is 24.3 Å². The topological polar surface area (TPSA) is 58.2 Å². The zero-order chi connectivity index (χ0) is 18.2. The molecule has 2 amide bonds. The summed E-state index contributed by atoms with van der Waals surface area (Å²) < 4.78 is 0. The third-order valence-electron chi connectivity index (χ3n) is 4.24. The van der Waals surface area contributed by atoms with Crippen LogP contribution >= 0.6 is 0 Å². The minimum Gasteiger partial charge on any atom is -0.326 e. The summed E-state index contributed by atoms with van der Waals surface area (Å²) in [7, 11) is 0. The molecule has 0 heterocycles. The first-order valence-electron chi connectivity index (χ1n) is 8.85. The smallest absolute Gasteiger partial charge is 0.255 e. The molecule has 0 aliphatic carbocycles. The summed E-state index contributed by atoms with van der Waals surface area (Å²) in [5.74, 6) is 0.153. The maximum absolute atomic E-state index is 12.6. The van der Waals surface area contributed by atoms with Crippen LogP contribution in [0.25, 0.3) is 0 Å². The molecule has 2 rings (SSSR count). The Bertz CT molecular complexity index is 740. The van der Waals surface area contributed by atoms with Gasteiger partial charge in [0.15, 0.2) is 0 Å². The normalized spacial score (nSPS) is 11.6. The average Bonchev–Trinajstić information content (AvgIpc) is 2.62. The number of anilines is 2. The van der Waals surface area contributed by atoms with E-state index in [1.807, 2.05) is 31.2 Å². The molecule has 2 N–H and O–H groups in total. The molecule has 25 heavy (non-hydrogen) atoms. The number of hydrogen-bond acceptors (Lipinski definition) is 2. The van der Waals surface area contributed by atoms with Gasteiger partial charge in [-0.15, -0.1) is 0 Å². The highest BCUT2D eigenvalue weighted by Crippen LogP contribution is 2.27. The monoisotopic (exact) mass is 338 g/mol. The number of benzene rings is 2. The Morgan fingerprint density at radius 2 is 1.76 bits per heavy atom. The third-order valence-corrected chi connectivity index (χ3v) is 4.24. The summed E-state index contributed by atoms with van der Waals surface area (Å²) in [5, 5.41) is 5.82. The van der Waals surface area contributed by atoms with Gasteiger partial charge in [-0.25, -0.2) is 0 Å². The first kappa shape index (κ1) is 18.7. The molecule has 4 heteroatoms. The summed E-state index contributed by atoms with van der Waals surface area (Å²) in [6, 6.07) is 14.9. The van der Waals surface area contributed by atoms with E-state index < -0.39 is 0 Å². The van der Waals surface area contributed by atoms with Crippen molar-refractivity contribution in [3.05, 3.63) is 59.7 Å². The fourth-order valence-electron chi connectivity index (χ4n) is 2.64. The largest absolute Gasteiger partial charge is 0.326 e. The van der Waals surface area contributed by atoms with Crippen molar-refractivity contribution in [2.75, 3.05) is 10.6 Å². The SMILES string of the molecule is CCCC(=O)Nc1cccc(C(=O)Nc2ccccc2[C@H](C)CC)c1. The summed E-state index contributed by atoms with van der Waals surface area (Å²) in [5.41, 5.74) is 3.13. The molecule has 0 saturated carbocycles. The van der Waals surface area contributed by atoms with Gasteiger partial charge in [-0.05, 0) is 48.6 Å². The Balaban J connectivity index is 2.15. The molecule has 4 nitrogen and oxygen atoms in total. The minimum atomic E-state index is -0.178. The maximum atomic E-state index is 12.6. The number of carbonyl (C=O) groups is 2. The summed E-state index contributed by atoms with van der Waals surface area (Å²) >= 11 is 0. The lowest BCUT2D eigenvalue weighted by atomic mass is 9.97. The Labute approximate surface area is 149 Å². The second-order valence-electron chi connectivity index (χ2n) is 6.23. The number of hydrogen-bond donors (Lipinski definition) is 2. The van der Waals surface area contributed by atoms with Gasteiger partial charge in [0.2, 0.25) is 5.91 Å². The maximum Gasteiger partial charge on any atom is 0.255 e. The second kappa shape index (κ2) is 9.02. The molecule has 1 atom stereocenters. The van der Waals surface area contributed by atoms with Crippen molar-refractivity contribution in [1.82, 2.24) is 0 Å². The van der Waals surface area contributed by atoms with E-state index in [-0.39, 0.29) is 11.8 Å².